The monoisotopic (exact) mass is 506 g/mol. The van der Waals surface area contributed by atoms with E-state index in [1.54, 1.807) is 67.0 Å². The maximum absolute atomic E-state index is 13.5. The van der Waals surface area contributed by atoms with Gasteiger partial charge >= 0.3 is 6.09 Å². The Kier molecular flexibility index (Phi) is 7.40. The van der Waals surface area contributed by atoms with Crippen LogP contribution >= 0.6 is 0 Å². The van der Waals surface area contributed by atoms with Crippen molar-refractivity contribution in [2.24, 2.45) is 0 Å². The number of rotatable bonds is 8. The number of amides is 3. The SMILES string of the molecule is O=C(Nc1cccc([C@H]2OC(=O)N(Cc3ccccc3)[C@H]2C(=O)NCc2cccnc2)c1)c1ccccc1. The quantitative estimate of drug-likeness (QED) is 0.360. The van der Waals surface area contributed by atoms with Gasteiger partial charge in [-0.25, -0.2) is 4.79 Å². The lowest BCUT2D eigenvalue weighted by atomic mass is 10.00. The fourth-order valence-corrected chi connectivity index (χ4v) is 4.37. The van der Waals surface area contributed by atoms with Gasteiger partial charge in [0.1, 0.15) is 0 Å². The van der Waals surface area contributed by atoms with Crippen molar-refractivity contribution < 1.29 is 19.1 Å². The van der Waals surface area contributed by atoms with Crippen molar-refractivity contribution in [3.8, 4) is 0 Å². The van der Waals surface area contributed by atoms with Gasteiger partial charge in [-0.15, -0.1) is 0 Å². The van der Waals surface area contributed by atoms with Gasteiger partial charge in [-0.3, -0.25) is 19.5 Å². The third-order valence-electron chi connectivity index (χ3n) is 6.25. The van der Waals surface area contributed by atoms with Gasteiger partial charge in [0.25, 0.3) is 5.91 Å². The van der Waals surface area contributed by atoms with E-state index in [0.717, 1.165) is 11.1 Å². The van der Waals surface area contributed by atoms with Crippen LogP contribution in [0.15, 0.2) is 109 Å². The molecule has 2 N–H and O–H groups in total. The molecule has 3 aromatic carbocycles. The number of hydrogen-bond donors (Lipinski definition) is 2. The second kappa shape index (κ2) is 11.4. The Morgan fingerprint density at radius 2 is 1.61 bits per heavy atom. The van der Waals surface area contributed by atoms with Gasteiger partial charge in [-0.2, -0.15) is 0 Å². The summed E-state index contributed by atoms with van der Waals surface area (Å²) in [6.07, 6.45) is 1.89. The number of nitrogens with one attached hydrogen (secondary N) is 2. The number of nitrogens with zero attached hydrogens (tertiary/aromatic N) is 2. The highest BCUT2D eigenvalue weighted by atomic mass is 16.6. The molecule has 0 unspecified atom stereocenters. The van der Waals surface area contributed by atoms with Gasteiger partial charge in [0.2, 0.25) is 5.91 Å². The van der Waals surface area contributed by atoms with E-state index in [0.29, 0.717) is 16.8 Å². The van der Waals surface area contributed by atoms with Crippen LogP contribution in [0.1, 0.15) is 33.2 Å². The summed E-state index contributed by atoms with van der Waals surface area (Å²) < 4.78 is 5.76. The molecule has 0 radical (unpaired) electrons. The van der Waals surface area contributed by atoms with E-state index < -0.39 is 18.2 Å². The molecule has 4 aromatic rings. The first-order chi connectivity index (χ1) is 18.6. The molecule has 8 nitrogen and oxygen atoms in total. The third kappa shape index (κ3) is 5.70. The molecule has 1 saturated heterocycles. The van der Waals surface area contributed by atoms with Crippen LogP contribution in [0.25, 0.3) is 0 Å². The fourth-order valence-electron chi connectivity index (χ4n) is 4.37. The van der Waals surface area contributed by atoms with Crippen LogP contribution in [0.4, 0.5) is 10.5 Å². The molecule has 38 heavy (non-hydrogen) atoms. The molecule has 190 valence electrons. The molecule has 1 aromatic heterocycles. The molecule has 0 bridgehead atoms. The lowest BCUT2D eigenvalue weighted by Crippen LogP contribution is -2.46. The number of benzene rings is 3. The second-order valence-electron chi connectivity index (χ2n) is 8.89. The largest absolute Gasteiger partial charge is 0.438 e. The van der Waals surface area contributed by atoms with Crippen LogP contribution in [0, 0.1) is 0 Å². The minimum atomic E-state index is -0.917. The summed E-state index contributed by atoms with van der Waals surface area (Å²) >= 11 is 0. The molecule has 1 aliphatic heterocycles. The number of ether oxygens (including phenoxy) is 1. The van der Waals surface area contributed by atoms with E-state index in [1.165, 1.54) is 4.90 Å². The number of anilines is 1. The molecule has 2 heterocycles. The average molecular weight is 507 g/mol. The fraction of sp³-hybridized carbons (Fsp3) is 0.133. The molecular formula is C30H26N4O4. The number of cyclic esters (lactones) is 1. The number of pyridine rings is 1. The molecule has 3 amide bonds. The lowest BCUT2D eigenvalue weighted by molar-refractivity contribution is -0.126. The van der Waals surface area contributed by atoms with E-state index in [4.69, 9.17) is 4.74 Å². The van der Waals surface area contributed by atoms with Crippen LogP contribution in [0.5, 0.6) is 0 Å². The van der Waals surface area contributed by atoms with Gasteiger partial charge in [0.05, 0.1) is 6.54 Å². The van der Waals surface area contributed by atoms with E-state index in [1.807, 2.05) is 42.5 Å². The van der Waals surface area contributed by atoms with Gasteiger partial charge in [0, 0.05) is 30.2 Å². The molecule has 2 atom stereocenters. The maximum atomic E-state index is 13.5. The molecule has 0 spiro atoms. The predicted molar refractivity (Wildman–Crippen MR) is 142 cm³/mol. The van der Waals surface area contributed by atoms with Crippen molar-refractivity contribution >= 4 is 23.6 Å². The summed E-state index contributed by atoms with van der Waals surface area (Å²) in [6, 6.07) is 28.1. The highest BCUT2D eigenvalue weighted by molar-refractivity contribution is 6.04. The molecule has 5 rings (SSSR count). The van der Waals surface area contributed by atoms with Crippen molar-refractivity contribution in [1.82, 2.24) is 15.2 Å². The van der Waals surface area contributed by atoms with Gasteiger partial charge in [-0.1, -0.05) is 66.7 Å². The summed E-state index contributed by atoms with van der Waals surface area (Å²) in [6.45, 7) is 0.474. The molecule has 8 heteroatoms. The highest BCUT2D eigenvalue weighted by Gasteiger charge is 2.47. The smallest absolute Gasteiger partial charge is 0.411 e. The Morgan fingerprint density at radius 3 is 2.34 bits per heavy atom. The van der Waals surface area contributed by atoms with Crippen molar-refractivity contribution in [1.29, 1.82) is 0 Å². The Balaban J connectivity index is 1.40. The molecule has 1 aliphatic rings. The van der Waals surface area contributed by atoms with Crippen LogP contribution < -0.4 is 10.6 Å². The Bertz CT molecular complexity index is 1410. The lowest BCUT2D eigenvalue weighted by Gasteiger charge is -2.24. The number of aromatic nitrogens is 1. The molecular weight excluding hydrogens is 480 g/mol. The zero-order chi connectivity index (χ0) is 26.3. The Morgan fingerprint density at radius 1 is 0.868 bits per heavy atom. The second-order valence-corrected chi connectivity index (χ2v) is 8.89. The van der Waals surface area contributed by atoms with Crippen molar-refractivity contribution in [2.75, 3.05) is 5.32 Å². The molecule has 1 fully saturated rings. The molecule has 0 aliphatic carbocycles. The van der Waals surface area contributed by atoms with Crippen molar-refractivity contribution in [2.45, 2.75) is 25.2 Å². The highest BCUT2D eigenvalue weighted by Crippen LogP contribution is 2.35. The van der Waals surface area contributed by atoms with E-state index in [2.05, 4.69) is 15.6 Å². The standard InChI is InChI=1S/C30H26N4O4/c35-28(23-12-5-2-6-13-23)33-25-15-7-14-24(17-25)27-26(29(36)32-19-22-11-8-16-31-18-22)34(30(37)38-27)20-21-9-3-1-4-10-21/h1-18,26-27H,19-20H2,(H,32,36)(H,33,35)/t26-,27-/m1/s1. The summed E-state index contributed by atoms with van der Waals surface area (Å²) in [7, 11) is 0. The predicted octanol–water partition coefficient (Wildman–Crippen LogP) is 4.71. The number of carbonyl (C=O) groups excluding carboxylic acids is 3. The third-order valence-corrected chi connectivity index (χ3v) is 6.25. The van der Waals surface area contributed by atoms with Crippen molar-refractivity contribution in [3.63, 3.8) is 0 Å². The topological polar surface area (TPSA) is 101 Å². The maximum Gasteiger partial charge on any atom is 0.411 e. The van der Waals surface area contributed by atoms with Gasteiger partial charge < -0.3 is 15.4 Å². The number of hydrogen-bond acceptors (Lipinski definition) is 5. The van der Waals surface area contributed by atoms with Crippen molar-refractivity contribution in [3.05, 3.63) is 132 Å². The van der Waals surface area contributed by atoms with Gasteiger partial charge in [-0.05, 0) is 47.0 Å². The zero-order valence-electron chi connectivity index (χ0n) is 20.5. The van der Waals surface area contributed by atoms with Crippen LogP contribution in [0.3, 0.4) is 0 Å². The van der Waals surface area contributed by atoms with E-state index >= 15 is 0 Å². The average Bonchev–Trinajstić information content (AvgIpc) is 3.29. The minimum Gasteiger partial charge on any atom is -0.438 e. The zero-order valence-corrected chi connectivity index (χ0v) is 20.5. The van der Waals surface area contributed by atoms with E-state index in [9.17, 15) is 14.4 Å². The van der Waals surface area contributed by atoms with Crippen LogP contribution in [0.2, 0.25) is 0 Å². The summed E-state index contributed by atoms with van der Waals surface area (Å²) in [5.74, 6) is -0.609. The normalized spacial score (nSPS) is 16.5. The molecule has 0 saturated carbocycles. The first kappa shape index (κ1) is 24.7. The van der Waals surface area contributed by atoms with E-state index in [-0.39, 0.29) is 24.9 Å². The summed E-state index contributed by atoms with van der Waals surface area (Å²) in [5, 5.41) is 5.80. The summed E-state index contributed by atoms with van der Waals surface area (Å²) in [4.78, 5) is 44.8. The van der Waals surface area contributed by atoms with Crippen LogP contribution in [-0.2, 0) is 22.6 Å². The first-order valence-corrected chi connectivity index (χ1v) is 12.2. The van der Waals surface area contributed by atoms with Crippen LogP contribution in [-0.4, -0.2) is 33.8 Å². The number of carbonyl (C=O) groups is 3. The first-order valence-electron chi connectivity index (χ1n) is 12.2. The Labute approximate surface area is 220 Å². The Hall–Kier alpha value is -4.98. The van der Waals surface area contributed by atoms with Gasteiger partial charge in [0.15, 0.2) is 12.1 Å². The summed E-state index contributed by atoms with van der Waals surface area (Å²) in [5.41, 5.74) is 3.36. The minimum absolute atomic E-state index is 0.214.